The molecular formula is C49H64O7. The molecule has 7 heteroatoms. The lowest BCUT2D eigenvalue weighted by Crippen LogP contribution is -2.32. The molecule has 0 radical (unpaired) electrons. The van der Waals surface area contributed by atoms with Crippen molar-refractivity contribution in [3.8, 4) is 11.5 Å². The topological polar surface area (TPSA) is 82.2 Å². The molecule has 5 unspecified atom stereocenters. The van der Waals surface area contributed by atoms with Crippen LogP contribution in [0.2, 0.25) is 0 Å². The number of aliphatic hydroxyl groups excluding tert-OH is 1. The smallest absolute Gasteiger partial charge is 0.119 e. The van der Waals surface area contributed by atoms with Gasteiger partial charge in [0.2, 0.25) is 0 Å². The lowest BCUT2D eigenvalue weighted by molar-refractivity contribution is -0.0836. The Morgan fingerprint density at radius 1 is 0.554 bits per heavy atom. The van der Waals surface area contributed by atoms with Crippen molar-refractivity contribution in [2.75, 3.05) is 39.6 Å². The van der Waals surface area contributed by atoms with Crippen molar-refractivity contribution < 1.29 is 33.5 Å². The average molecular weight is 765 g/mol. The molecule has 2 aliphatic rings. The average Bonchev–Trinajstić information content (AvgIpc) is 4.17. The predicted octanol–water partition coefficient (Wildman–Crippen LogP) is 10.0. The zero-order valence-corrected chi connectivity index (χ0v) is 34.9. The first-order valence-corrected chi connectivity index (χ1v) is 20.7. The Morgan fingerprint density at radius 2 is 0.982 bits per heavy atom. The number of benzene rings is 4. The summed E-state index contributed by atoms with van der Waals surface area (Å²) in [6, 6.07) is 34.2. The maximum Gasteiger partial charge on any atom is 0.119 e. The predicted molar refractivity (Wildman–Crippen MR) is 223 cm³/mol. The SMILES string of the molecule is CCCC(CC)(OCC1CO1)c1ccc(C(C)(C)c2ccc(OCC(O)COC(C)(CC)c3ccc(C(C)(C)c4ccc(OCC5CO5)cc4)cc3)cc2)cc1. The molecule has 7 nitrogen and oxygen atoms in total. The molecule has 56 heavy (non-hydrogen) atoms. The van der Waals surface area contributed by atoms with Gasteiger partial charge in [0, 0.05) is 10.8 Å². The third-order valence-corrected chi connectivity index (χ3v) is 12.2. The van der Waals surface area contributed by atoms with Crippen LogP contribution in [0.5, 0.6) is 11.5 Å². The van der Waals surface area contributed by atoms with E-state index in [-0.39, 0.29) is 41.9 Å². The van der Waals surface area contributed by atoms with Gasteiger partial charge in [0.15, 0.2) is 0 Å². The number of hydrogen-bond acceptors (Lipinski definition) is 7. The molecule has 2 aliphatic heterocycles. The monoisotopic (exact) mass is 764 g/mol. The molecule has 0 saturated carbocycles. The van der Waals surface area contributed by atoms with E-state index >= 15 is 0 Å². The largest absolute Gasteiger partial charge is 0.491 e. The molecule has 302 valence electrons. The minimum atomic E-state index is -0.777. The number of hydrogen-bond donors (Lipinski definition) is 1. The van der Waals surface area contributed by atoms with Gasteiger partial charge < -0.3 is 33.5 Å². The highest BCUT2D eigenvalue weighted by Crippen LogP contribution is 2.39. The maximum atomic E-state index is 10.9. The summed E-state index contributed by atoms with van der Waals surface area (Å²) in [6.45, 7) is 20.8. The van der Waals surface area contributed by atoms with Crippen LogP contribution in [0.3, 0.4) is 0 Å². The van der Waals surface area contributed by atoms with Crippen LogP contribution < -0.4 is 9.47 Å². The third-order valence-electron chi connectivity index (χ3n) is 12.2. The van der Waals surface area contributed by atoms with Gasteiger partial charge in [-0.05, 0) is 83.8 Å². The van der Waals surface area contributed by atoms with Crippen LogP contribution in [0, 0.1) is 0 Å². The molecule has 0 aliphatic carbocycles. The first kappa shape index (κ1) is 41.9. The van der Waals surface area contributed by atoms with Crippen LogP contribution in [0.4, 0.5) is 0 Å². The third kappa shape index (κ3) is 10.0. The highest BCUT2D eigenvalue weighted by molar-refractivity contribution is 5.43. The quantitative estimate of drug-likeness (QED) is 0.0798. The molecule has 4 aromatic carbocycles. The Hall–Kier alpha value is -3.72. The zero-order valence-electron chi connectivity index (χ0n) is 34.9. The first-order valence-electron chi connectivity index (χ1n) is 20.7. The van der Waals surface area contributed by atoms with Crippen molar-refractivity contribution in [3.05, 3.63) is 130 Å². The lowest BCUT2D eigenvalue weighted by Gasteiger charge is -2.34. The molecule has 0 spiro atoms. The van der Waals surface area contributed by atoms with Crippen LogP contribution in [0.1, 0.15) is 114 Å². The molecule has 0 amide bonds. The molecule has 2 fully saturated rings. The number of ether oxygens (including phenoxy) is 6. The molecule has 0 aromatic heterocycles. The summed E-state index contributed by atoms with van der Waals surface area (Å²) in [7, 11) is 0. The standard InChI is InChI=1S/C49H64O7/c1-9-28-49(11-3,56-34-45-33-54-45)40-18-14-36(15-19-40)47(6,7)37-20-24-42(25-21-37)51-29-41(50)30-55-48(8,10-2)39-16-12-35(13-17-39)46(4,5)38-22-26-43(27-23-38)52-31-44-32-53-44/h12-27,41,44-45,50H,9-11,28-34H2,1-8H3. The molecule has 2 saturated heterocycles. The fourth-order valence-corrected chi connectivity index (χ4v) is 7.57. The van der Waals surface area contributed by atoms with Crippen LogP contribution in [0.25, 0.3) is 0 Å². The van der Waals surface area contributed by atoms with Crippen molar-refractivity contribution in [2.24, 2.45) is 0 Å². The van der Waals surface area contributed by atoms with Gasteiger partial charge in [0.1, 0.15) is 43.0 Å². The van der Waals surface area contributed by atoms with E-state index < -0.39 is 11.7 Å². The van der Waals surface area contributed by atoms with E-state index in [1.54, 1.807) is 0 Å². The highest BCUT2D eigenvalue weighted by Gasteiger charge is 2.35. The van der Waals surface area contributed by atoms with E-state index in [1.165, 1.54) is 27.8 Å². The Kier molecular flexibility index (Phi) is 13.3. The summed E-state index contributed by atoms with van der Waals surface area (Å²) in [5.74, 6) is 1.58. The van der Waals surface area contributed by atoms with Gasteiger partial charge in [0.25, 0.3) is 0 Å². The van der Waals surface area contributed by atoms with Gasteiger partial charge >= 0.3 is 0 Å². The summed E-state index contributed by atoms with van der Waals surface area (Å²) in [4.78, 5) is 0. The summed E-state index contributed by atoms with van der Waals surface area (Å²) in [5, 5.41) is 10.9. The summed E-state index contributed by atoms with van der Waals surface area (Å²) in [5.41, 5.74) is 5.93. The van der Waals surface area contributed by atoms with E-state index in [4.69, 9.17) is 28.4 Å². The van der Waals surface area contributed by atoms with Gasteiger partial charge in [-0.2, -0.15) is 0 Å². The van der Waals surface area contributed by atoms with Crippen LogP contribution in [-0.2, 0) is 41.0 Å². The minimum absolute atomic E-state index is 0.140. The fourth-order valence-electron chi connectivity index (χ4n) is 7.57. The first-order chi connectivity index (χ1) is 26.8. The van der Waals surface area contributed by atoms with Gasteiger partial charge in [-0.25, -0.2) is 0 Å². The lowest BCUT2D eigenvalue weighted by atomic mass is 9.77. The molecule has 6 rings (SSSR count). The van der Waals surface area contributed by atoms with Gasteiger partial charge in [0.05, 0.1) is 37.6 Å². The maximum absolute atomic E-state index is 10.9. The summed E-state index contributed by atoms with van der Waals surface area (Å²) >= 11 is 0. The normalized spacial score (nSPS) is 19.4. The van der Waals surface area contributed by atoms with E-state index in [0.717, 1.165) is 56.0 Å². The van der Waals surface area contributed by atoms with Crippen molar-refractivity contribution in [1.82, 2.24) is 0 Å². The van der Waals surface area contributed by atoms with Crippen LogP contribution in [-0.4, -0.2) is 63.1 Å². The molecule has 5 atom stereocenters. The van der Waals surface area contributed by atoms with E-state index in [9.17, 15) is 5.11 Å². The number of aliphatic hydroxyl groups is 1. The van der Waals surface area contributed by atoms with E-state index in [1.807, 2.05) is 24.3 Å². The number of rotatable bonds is 22. The molecule has 2 heterocycles. The zero-order chi connectivity index (χ0) is 40.0. The minimum Gasteiger partial charge on any atom is -0.491 e. The Morgan fingerprint density at radius 3 is 1.43 bits per heavy atom. The van der Waals surface area contributed by atoms with Crippen molar-refractivity contribution in [1.29, 1.82) is 0 Å². The van der Waals surface area contributed by atoms with E-state index in [2.05, 4.69) is 128 Å². The molecule has 0 bridgehead atoms. The Balaban J connectivity index is 1.00. The Bertz CT molecular complexity index is 1810. The second-order valence-corrected chi connectivity index (χ2v) is 16.9. The molecule has 1 N–H and O–H groups in total. The Labute approximate surface area is 335 Å². The second-order valence-electron chi connectivity index (χ2n) is 16.9. The van der Waals surface area contributed by atoms with Crippen LogP contribution in [0.15, 0.2) is 97.1 Å². The van der Waals surface area contributed by atoms with Gasteiger partial charge in [-0.1, -0.05) is 128 Å². The number of epoxide rings is 2. The van der Waals surface area contributed by atoms with Crippen molar-refractivity contribution in [2.45, 2.75) is 121 Å². The van der Waals surface area contributed by atoms with Gasteiger partial charge in [-0.3, -0.25) is 0 Å². The molecule has 4 aromatic rings. The summed E-state index contributed by atoms with van der Waals surface area (Å²) < 4.78 is 35.5. The van der Waals surface area contributed by atoms with Crippen molar-refractivity contribution in [3.63, 3.8) is 0 Å². The van der Waals surface area contributed by atoms with Crippen molar-refractivity contribution >= 4 is 0 Å². The van der Waals surface area contributed by atoms with Gasteiger partial charge in [-0.15, -0.1) is 0 Å². The van der Waals surface area contributed by atoms with Crippen LogP contribution >= 0.6 is 0 Å². The van der Waals surface area contributed by atoms with E-state index in [0.29, 0.717) is 13.2 Å². The molecular weight excluding hydrogens is 701 g/mol. The fraction of sp³-hybridized carbons (Fsp3) is 0.510. The second kappa shape index (κ2) is 17.8. The summed E-state index contributed by atoms with van der Waals surface area (Å²) in [6.07, 6.45) is 3.44. The highest BCUT2D eigenvalue weighted by atomic mass is 16.6.